The van der Waals surface area contributed by atoms with Crippen molar-refractivity contribution < 1.29 is 13.2 Å². The summed E-state index contributed by atoms with van der Waals surface area (Å²) in [6, 6.07) is 1.15. The lowest BCUT2D eigenvalue weighted by Gasteiger charge is -2.21. The molecule has 4 nitrogen and oxygen atoms in total. The van der Waals surface area contributed by atoms with Crippen molar-refractivity contribution in [2.75, 3.05) is 0 Å². The lowest BCUT2D eigenvalue weighted by atomic mass is 10.1. The molecule has 0 bridgehead atoms. The van der Waals surface area contributed by atoms with Gasteiger partial charge in [0.05, 0.1) is 5.56 Å². The van der Waals surface area contributed by atoms with Gasteiger partial charge in [-0.3, -0.25) is 0 Å². The highest BCUT2D eigenvalue weighted by Gasteiger charge is 2.25. The van der Waals surface area contributed by atoms with Gasteiger partial charge < -0.3 is 10.3 Å². The van der Waals surface area contributed by atoms with Crippen LogP contribution in [0.3, 0.4) is 0 Å². The largest absolute Gasteiger partial charge is 0.326 e. The maximum atomic E-state index is 13.7. The third-order valence-electron chi connectivity index (χ3n) is 3.21. The van der Waals surface area contributed by atoms with E-state index in [2.05, 4.69) is 10.2 Å². The molecule has 1 unspecified atom stereocenters. The van der Waals surface area contributed by atoms with Crippen molar-refractivity contribution in [3.8, 4) is 11.4 Å². The van der Waals surface area contributed by atoms with E-state index in [0.29, 0.717) is 30.9 Å². The van der Waals surface area contributed by atoms with Crippen LogP contribution in [0.15, 0.2) is 12.1 Å². The summed E-state index contributed by atoms with van der Waals surface area (Å²) in [7, 11) is 0. The summed E-state index contributed by atoms with van der Waals surface area (Å²) in [6.45, 7) is 0.397. The third kappa shape index (κ3) is 1.99. The molecule has 1 aliphatic rings. The van der Waals surface area contributed by atoms with E-state index in [1.807, 2.05) is 0 Å². The lowest BCUT2D eigenvalue weighted by Crippen LogP contribution is -2.32. The van der Waals surface area contributed by atoms with E-state index in [0.717, 1.165) is 6.42 Å². The van der Waals surface area contributed by atoms with Crippen LogP contribution in [-0.2, 0) is 13.0 Å². The number of fused-ring (bicyclic) bond motifs is 1. The van der Waals surface area contributed by atoms with Gasteiger partial charge >= 0.3 is 0 Å². The average molecular weight is 268 g/mol. The minimum atomic E-state index is -0.994. The molecule has 7 heteroatoms. The molecule has 100 valence electrons. The van der Waals surface area contributed by atoms with Gasteiger partial charge in [-0.15, -0.1) is 10.2 Å². The number of hydrogen-bond donors (Lipinski definition) is 1. The van der Waals surface area contributed by atoms with E-state index in [4.69, 9.17) is 5.73 Å². The normalized spacial score (nSPS) is 18.4. The highest BCUT2D eigenvalue weighted by Crippen LogP contribution is 2.28. The van der Waals surface area contributed by atoms with Crippen LogP contribution in [0.5, 0.6) is 0 Å². The first-order valence-electron chi connectivity index (χ1n) is 5.89. The molecule has 3 rings (SSSR count). The second kappa shape index (κ2) is 4.34. The third-order valence-corrected chi connectivity index (χ3v) is 3.21. The molecule has 0 saturated heterocycles. The summed E-state index contributed by atoms with van der Waals surface area (Å²) in [5.74, 6) is -2.26. The zero-order valence-electron chi connectivity index (χ0n) is 9.91. The van der Waals surface area contributed by atoms with E-state index < -0.39 is 17.5 Å². The molecule has 0 spiro atoms. The van der Waals surface area contributed by atoms with Crippen molar-refractivity contribution in [2.45, 2.75) is 25.4 Å². The predicted molar refractivity (Wildman–Crippen MR) is 61.6 cm³/mol. The zero-order valence-corrected chi connectivity index (χ0v) is 9.91. The van der Waals surface area contributed by atoms with Gasteiger partial charge in [0.1, 0.15) is 23.3 Å². The number of nitrogens with zero attached hydrogens (tertiary/aromatic N) is 3. The standard InChI is InChI=1S/C12H11F3N4/c13-6-3-8(14)11(9(15)4-6)12-18-17-10-2-1-7(16)5-19(10)12/h3-4,7H,1-2,5,16H2. The minimum absolute atomic E-state index is 0.0557. The van der Waals surface area contributed by atoms with Crippen LogP contribution in [-0.4, -0.2) is 20.8 Å². The predicted octanol–water partition coefficient (Wildman–Crippen LogP) is 1.64. The van der Waals surface area contributed by atoms with Crippen molar-refractivity contribution in [3.05, 3.63) is 35.4 Å². The number of aryl methyl sites for hydroxylation is 1. The molecule has 2 aromatic rings. The second-order valence-electron chi connectivity index (χ2n) is 4.59. The van der Waals surface area contributed by atoms with Crippen molar-refractivity contribution >= 4 is 0 Å². The molecule has 1 aromatic carbocycles. The lowest BCUT2D eigenvalue weighted by molar-refractivity contribution is 0.454. The van der Waals surface area contributed by atoms with Crippen LogP contribution in [0, 0.1) is 17.5 Å². The van der Waals surface area contributed by atoms with Crippen LogP contribution < -0.4 is 5.73 Å². The fraction of sp³-hybridized carbons (Fsp3) is 0.333. The van der Waals surface area contributed by atoms with E-state index >= 15 is 0 Å². The van der Waals surface area contributed by atoms with E-state index in [-0.39, 0.29) is 17.4 Å². The van der Waals surface area contributed by atoms with Gasteiger partial charge in [-0.1, -0.05) is 0 Å². The Hall–Kier alpha value is -1.89. The van der Waals surface area contributed by atoms with Gasteiger partial charge in [-0.2, -0.15) is 0 Å². The van der Waals surface area contributed by atoms with Crippen molar-refractivity contribution in [1.82, 2.24) is 14.8 Å². The van der Waals surface area contributed by atoms with Crippen LogP contribution in [0.2, 0.25) is 0 Å². The van der Waals surface area contributed by atoms with Crippen LogP contribution in [0.4, 0.5) is 13.2 Å². The first-order valence-corrected chi connectivity index (χ1v) is 5.89. The molecular formula is C12H11F3N4. The van der Waals surface area contributed by atoms with Crippen LogP contribution in [0.1, 0.15) is 12.2 Å². The Balaban J connectivity index is 2.16. The molecule has 19 heavy (non-hydrogen) atoms. The SMILES string of the molecule is NC1CCc2nnc(-c3c(F)cc(F)cc3F)n2C1. The summed E-state index contributed by atoms with van der Waals surface area (Å²) in [5.41, 5.74) is 5.47. The molecule has 0 aliphatic carbocycles. The summed E-state index contributed by atoms with van der Waals surface area (Å²) in [4.78, 5) is 0. The molecule has 2 N–H and O–H groups in total. The molecule has 0 radical (unpaired) electrons. The molecule has 1 atom stereocenters. The Morgan fingerprint density at radius 2 is 1.84 bits per heavy atom. The Morgan fingerprint density at radius 1 is 1.16 bits per heavy atom. The smallest absolute Gasteiger partial charge is 0.169 e. The molecule has 1 aromatic heterocycles. The van der Waals surface area contributed by atoms with Gasteiger partial charge in [0.15, 0.2) is 5.82 Å². The molecule has 1 aliphatic heterocycles. The monoisotopic (exact) mass is 268 g/mol. The quantitative estimate of drug-likeness (QED) is 0.855. The van der Waals surface area contributed by atoms with Gasteiger partial charge in [-0.05, 0) is 6.42 Å². The number of halogens is 3. The molecular weight excluding hydrogens is 257 g/mol. The summed E-state index contributed by atoms with van der Waals surface area (Å²) >= 11 is 0. The maximum Gasteiger partial charge on any atom is 0.169 e. The average Bonchev–Trinajstić information content (AvgIpc) is 2.71. The topological polar surface area (TPSA) is 56.7 Å². The summed E-state index contributed by atoms with van der Waals surface area (Å²) < 4.78 is 42.0. The van der Waals surface area contributed by atoms with Crippen molar-refractivity contribution in [1.29, 1.82) is 0 Å². The fourth-order valence-electron chi connectivity index (χ4n) is 2.29. The van der Waals surface area contributed by atoms with Crippen LogP contribution in [0.25, 0.3) is 11.4 Å². The summed E-state index contributed by atoms with van der Waals surface area (Å²) in [5, 5.41) is 7.71. The first-order chi connectivity index (χ1) is 9.06. The Labute approximate surface area is 107 Å². The molecule has 0 saturated carbocycles. The molecule has 2 heterocycles. The Morgan fingerprint density at radius 3 is 2.53 bits per heavy atom. The van der Waals surface area contributed by atoms with Gasteiger partial charge in [0, 0.05) is 31.1 Å². The highest BCUT2D eigenvalue weighted by atomic mass is 19.1. The van der Waals surface area contributed by atoms with Crippen molar-refractivity contribution in [3.63, 3.8) is 0 Å². The highest BCUT2D eigenvalue weighted by molar-refractivity contribution is 5.57. The number of benzene rings is 1. The second-order valence-corrected chi connectivity index (χ2v) is 4.59. The maximum absolute atomic E-state index is 13.7. The van der Waals surface area contributed by atoms with Gasteiger partial charge in [-0.25, -0.2) is 13.2 Å². The van der Waals surface area contributed by atoms with Crippen LogP contribution >= 0.6 is 0 Å². The number of hydrogen-bond acceptors (Lipinski definition) is 3. The molecule has 0 amide bonds. The Kier molecular flexibility index (Phi) is 2.78. The van der Waals surface area contributed by atoms with Gasteiger partial charge in [0.2, 0.25) is 0 Å². The van der Waals surface area contributed by atoms with E-state index in [9.17, 15) is 13.2 Å². The number of nitrogens with two attached hydrogens (primary N) is 1. The number of aromatic nitrogens is 3. The Bertz CT molecular complexity index is 615. The summed E-state index contributed by atoms with van der Waals surface area (Å²) in [6.07, 6.45) is 1.37. The number of rotatable bonds is 1. The zero-order chi connectivity index (χ0) is 13.6. The van der Waals surface area contributed by atoms with E-state index in [1.165, 1.54) is 0 Å². The van der Waals surface area contributed by atoms with Gasteiger partial charge in [0.25, 0.3) is 0 Å². The first kappa shape index (κ1) is 12.2. The molecule has 0 fully saturated rings. The van der Waals surface area contributed by atoms with E-state index in [1.54, 1.807) is 4.57 Å². The fourth-order valence-corrected chi connectivity index (χ4v) is 2.29. The minimum Gasteiger partial charge on any atom is -0.326 e. The van der Waals surface area contributed by atoms with Crippen molar-refractivity contribution in [2.24, 2.45) is 5.73 Å².